The van der Waals surface area contributed by atoms with Gasteiger partial charge in [-0.15, -0.1) is 10.2 Å². The zero-order valence-electron chi connectivity index (χ0n) is 13.6. The first-order valence-corrected chi connectivity index (χ1v) is 8.22. The monoisotopic (exact) mass is 314 g/mol. The highest BCUT2D eigenvalue weighted by Crippen LogP contribution is 2.34. The number of hydrogen-bond donors (Lipinski definition) is 1. The van der Waals surface area contributed by atoms with Crippen LogP contribution >= 0.6 is 0 Å². The Balaban J connectivity index is 1.45. The lowest BCUT2D eigenvalue weighted by molar-refractivity contribution is 0.254. The van der Waals surface area contributed by atoms with Crippen LogP contribution < -0.4 is 14.8 Å². The quantitative estimate of drug-likeness (QED) is 0.912. The van der Waals surface area contributed by atoms with E-state index in [9.17, 15) is 0 Å². The molecule has 0 saturated heterocycles. The van der Waals surface area contributed by atoms with Gasteiger partial charge in [0, 0.05) is 37.1 Å². The number of aromatic nitrogens is 3. The van der Waals surface area contributed by atoms with Crippen LogP contribution in [0.1, 0.15) is 36.1 Å². The number of nitrogens with zero attached hydrogens (tertiary/aromatic N) is 3. The van der Waals surface area contributed by atoms with Crippen molar-refractivity contribution in [3.05, 3.63) is 34.9 Å². The van der Waals surface area contributed by atoms with Crippen molar-refractivity contribution in [1.29, 1.82) is 0 Å². The van der Waals surface area contributed by atoms with Crippen LogP contribution in [-0.4, -0.2) is 28.0 Å². The molecular formula is C17H22N4O2. The van der Waals surface area contributed by atoms with Crippen LogP contribution in [0.5, 0.6) is 11.5 Å². The van der Waals surface area contributed by atoms with Gasteiger partial charge in [0.2, 0.25) is 0 Å². The number of hydrogen-bond acceptors (Lipinski definition) is 5. The lowest BCUT2D eigenvalue weighted by atomic mass is 10.1. The Morgan fingerprint density at radius 1 is 1.35 bits per heavy atom. The fraction of sp³-hybridized carbons (Fsp3) is 0.529. The second-order valence-corrected chi connectivity index (χ2v) is 6.30. The summed E-state index contributed by atoms with van der Waals surface area (Å²) in [7, 11) is 1.72. The SMILES string of the molecule is COc1cc2c(cc1CNCc1nnc3n1CCC3)O[C@H](C)C2. The van der Waals surface area contributed by atoms with Crippen LogP contribution in [0.15, 0.2) is 12.1 Å². The van der Waals surface area contributed by atoms with Gasteiger partial charge in [0.05, 0.1) is 13.7 Å². The van der Waals surface area contributed by atoms with Gasteiger partial charge in [-0.2, -0.15) is 0 Å². The van der Waals surface area contributed by atoms with E-state index in [2.05, 4.69) is 39.1 Å². The molecule has 0 fully saturated rings. The van der Waals surface area contributed by atoms with E-state index in [4.69, 9.17) is 9.47 Å². The molecular weight excluding hydrogens is 292 g/mol. The summed E-state index contributed by atoms with van der Waals surface area (Å²) in [6.07, 6.45) is 3.41. The molecule has 23 heavy (non-hydrogen) atoms. The fourth-order valence-corrected chi connectivity index (χ4v) is 3.46. The smallest absolute Gasteiger partial charge is 0.147 e. The van der Waals surface area contributed by atoms with Crippen molar-refractivity contribution >= 4 is 0 Å². The van der Waals surface area contributed by atoms with E-state index in [-0.39, 0.29) is 6.10 Å². The van der Waals surface area contributed by atoms with E-state index < -0.39 is 0 Å². The van der Waals surface area contributed by atoms with Gasteiger partial charge >= 0.3 is 0 Å². The van der Waals surface area contributed by atoms with Crippen LogP contribution in [0, 0.1) is 0 Å². The van der Waals surface area contributed by atoms with Gasteiger partial charge in [0.15, 0.2) is 0 Å². The highest BCUT2D eigenvalue weighted by molar-refractivity contribution is 5.48. The average molecular weight is 314 g/mol. The molecule has 6 heteroatoms. The van der Waals surface area contributed by atoms with E-state index in [1.54, 1.807) is 7.11 Å². The molecule has 2 aliphatic heterocycles. The Morgan fingerprint density at radius 2 is 2.26 bits per heavy atom. The van der Waals surface area contributed by atoms with Gasteiger partial charge in [-0.05, 0) is 25.5 Å². The number of aryl methyl sites for hydroxylation is 1. The van der Waals surface area contributed by atoms with Crippen molar-refractivity contribution in [1.82, 2.24) is 20.1 Å². The highest BCUT2D eigenvalue weighted by Gasteiger charge is 2.22. The lowest BCUT2D eigenvalue weighted by Gasteiger charge is -2.12. The second kappa shape index (κ2) is 5.85. The van der Waals surface area contributed by atoms with Gasteiger partial charge < -0.3 is 19.4 Å². The Labute approximate surface area is 135 Å². The highest BCUT2D eigenvalue weighted by atomic mass is 16.5. The lowest BCUT2D eigenvalue weighted by Crippen LogP contribution is -2.17. The molecule has 1 N–H and O–H groups in total. The number of benzene rings is 1. The molecule has 0 bridgehead atoms. The maximum absolute atomic E-state index is 5.85. The molecule has 4 rings (SSSR count). The molecule has 0 unspecified atom stereocenters. The van der Waals surface area contributed by atoms with Crippen molar-refractivity contribution in [2.45, 2.75) is 51.9 Å². The Morgan fingerprint density at radius 3 is 3.13 bits per heavy atom. The molecule has 0 aliphatic carbocycles. The summed E-state index contributed by atoms with van der Waals surface area (Å²) >= 11 is 0. The molecule has 1 aromatic carbocycles. The van der Waals surface area contributed by atoms with Gasteiger partial charge in [-0.1, -0.05) is 0 Å². The number of fused-ring (bicyclic) bond motifs is 2. The number of ether oxygens (including phenoxy) is 2. The number of methoxy groups -OCH3 is 1. The van der Waals surface area contributed by atoms with Crippen LogP contribution in [-0.2, 0) is 32.5 Å². The average Bonchev–Trinajstić information content (AvgIpc) is 3.21. The maximum Gasteiger partial charge on any atom is 0.147 e. The van der Waals surface area contributed by atoms with Crippen LogP contribution in [0.3, 0.4) is 0 Å². The molecule has 2 aliphatic rings. The zero-order valence-corrected chi connectivity index (χ0v) is 13.6. The van der Waals surface area contributed by atoms with E-state index in [0.29, 0.717) is 6.54 Å². The molecule has 122 valence electrons. The molecule has 0 amide bonds. The first-order valence-electron chi connectivity index (χ1n) is 8.22. The molecule has 3 heterocycles. The minimum absolute atomic E-state index is 0.247. The van der Waals surface area contributed by atoms with Gasteiger partial charge in [-0.25, -0.2) is 0 Å². The first kappa shape index (κ1) is 14.5. The second-order valence-electron chi connectivity index (χ2n) is 6.30. The summed E-state index contributed by atoms with van der Waals surface area (Å²) in [4.78, 5) is 0. The third kappa shape index (κ3) is 2.67. The third-order valence-corrected chi connectivity index (χ3v) is 4.58. The minimum Gasteiger partial charge on any atom is -0.496 e. The van der Waals surface area contributed by atoms with Crippen LogP contribution in [0.4, 0.5) is 0 Å². The normalized spacial score (nSPS) is 18.6. The predicted octanol–water partition coefficient (Wildman–Crippen LogP) is 1.85. The number of rotatable bonds is 5. The van der Waals surface area contributed by atoms with Crippen LogP contribution in [0.2, 0.25) is 0 Å². The molecule has 2 aromatic rings. The zero-order chi connectivity index (χ0) is 15.8. The first-order chi connectivity index (χ1) is 11.2. The molecule has 1 atom stereocenters. The van der Waals surface area contributed by atoms with Gasteiger partial charge in [-0.3, -0.25) is 0 Å². The van der Waals surface area contributed by atoms with Crippen molar-refractivity contribution in [2.24, 2.45) is 0 Å². The fourth-order valence-electron chi connectivity index (χ4n) is 3.46. The minimum atomic E-state index is 0.247. The van der Waals surface area contributed by atoms with E-state index >= 15 is 0 Å². The third-order valence-electron chi connectivity index (χ3n) is 4.58. The molecule has 1 aromatic heterocycles. The van der Waals surface area contributed by atoms with Gasteiger partial charge in [0.25, 0.3) is 0 Å². The largest absolute Gasteiger partial charge is 0.496 e. The van der Waals surface area contributed by atoms with Crippen molar-refractivity contribution in [2.75, 3.05) is 7.11 Å². The van der Waals surface area contributed by atoms with E-state index in [1.165, 1.54) is 12.0 Å². The Hall–Kier alpha value is -2.08. The Bertz CT molecular complexity index is 726. The van der Waals surface area contributed by atoms with Crippen molar-refractivity contribution in [3.8, 4) is 11.5 Å². The van der Waals surface area contributed by atoms with Crippen molar-refractivity contribution < 1.29 is 9.47 Å². The molecule has 0 saturated carbocycles. The molecule has 0 radical (unpaired) electrons. The summed E-state index contributed by atoms with van der Waals surface area (Å²) in [6, 6.07) is 4.20. The number of nitrogens with one attached hydrogen (secondary N) is 1. The summed E-state index contributed by atoms with van der Waals surface area (Å²) in [5.74, 6) is 4.03. The summed E-state index contributed by atoms with van der Waals surface area (Å²) in [5.41, 5.74) is 2.34. The topological polar surface area (TPSA) is 61.2 Å². The molecule has 6 nitrogen and oxygen atoms in total. The molecule has 0 spiro atoms. The predicted molar refractivity (Wildman–Crippen MR) is 85.7 cm³/mol. The summed E-state index contributed by atoms with van der Waals surface area (Å²) in [5, 5.41) is 12.0. The maximum atomic E-state index is 5.85. The Kier molecular flexibility index (Phi) is 3.69. The van der Waals surface area contributed by atoms with E-state index in [1.807, 2.05) is 0 Å². The summed E-state index contributed by atoms with van der Waals surface area (Å²) in [6.45, 7) is 4.56. The summed E-state index contributed by atoms with van der Waals surface area (Å²) < 4.78 is 13.6. The van der Waals surface area contributed by atoms with Crippen LogP contribution in [0.25, 0.3) is 0 Å². The van der Waals surface area contributed by atoms with E-state index in [0.717, 1.165) is 54.6 Å². The standard InChI is InChI=1S/C17H22N4O2/c1-11-6-12-7-14(22-2)13(8-15(12)23-11)9-18-10-17-20-19-16-4-3-5-21(16)17/h7-8,11,18H,3-6,9-10H2,1-2H3/t11-/m1/s1. The van der Waals surface area contributed by atoms with Gasteiger partial charge in [0.1, 0.15) is 29.3 Å². The van der Waals surface area contributed by atoms with Crippen molar-refractivity contribution in [3.63, 3.8) is 0 Å².